The molecule has 0 spiro atoms. The summed E-state index contributed by atoms with van der Waals surface area (Å²) in [6.07, 6.45) is 4.68. The van der Waals surface area contributed by atoms with Gasteiger partial charge in [-0.2, -0.15) is 0 Å². The number of ether oxygens (including phenoxy) is 2. The highest BCUT2D eigenvalue weighted by molar-refractivity contribution is 6.73. The third kappa shape index (κ3) is 2.87. The molecule has 0 unspecified atom stereocenters. The summed E-state index contributed by atoms with van der Waals surface area (Å²) in [5.74, 6) is -1.85. The Labute approximate surface area is 139 Å². The highest BCUT2D eigenvalue weighted by atomic mass is 28.4. The highest BCUT2D eigenvalue weighted by Crippen LogP contribution is 2.55. The van der Waals surface area contributed by atoms with E-state index >= 15 is 0 Å². The monoisotopic (exact) mass is 340 g/mol. The molecule has 1 saturated carbocycles. The topological polar surface area (TPSA) is 61.8 Å². The fourth-order valence-electron chi connectivity index (χ4n) is 4.25. The van der Waals surface area contributed by atoms with Crippen molar-refractivity contribution in [3.05, 3.63) is 12.2 Å². The van der Waals surface area contributed by atoms with Crippen LogP contribution in [-0.4, -0.2) is 40.1 Å². The van der Waals surface area contributed by atoms with Crippen molar-refractivity contribution in [1.82, 2.24) is 0 Å². The minimum atomic E-state index is -1.94. The average Bonchev–Trinajstić information content (AvgIpc) is 3.14. The average molecular weight is 340 g/mol. The Morgan fingerprint density at radius 2 is 1.65 bits per heavy atom. The molecule has 0 aromatic carbocycles. The second-order valence-corrected chi connectivity index (χ2v) is 11.3. The second kappa shape index (κ2) is 6.77. The number of hydrogen-bond acceptors (Lipinski definition) is 5. The number of hydrogen-bond donors (Lipinski definition) is 0. The Balaban J connectivity index is 2.41. The van der Waals surface area contributed by atoms with Crippen LogP contribution in [0, 0.1) is 17.8 Å². The molecule has 6 heteroatoms. The SMILES string of the molecule is CC[Si](CC)(CC)O[C@@]12C=C[C@@H](C1)[C@H](C(=O)OC)[C@@H]2C(=O)OC. The van der Waals surface area contributed by atoms with E-state index in [0.717, 1.165) is 18.1 Å². The van der Waals surface area contributed by atoms with Gasteiger partial charge in [-0.3, -0.25) is 9.59 Å². The zero-order chi connectivity index (χ0) is 17.3. The number of rotatable bonds is 7. The van der Waals surface area contributed by atoms with Crippen molar-refractivity contribution in [2.45, 2.75) is 50.9 Å². The van der Waals surface area contributed by atoms with Crippen LogP contribution in [-0.2, 0) is 23.5 Å². The summed E-state index contributed by atoms with van der Waals surface area (Å²) < 4.78 is 16.7. The Morgan fingerprint density at radius 1 is 1.09 bits per heavy atom. The summed E-state index contributed by atoms with van der Waals surface area (Å²) in [6.45, 7) is 6.48. The second-order valence-electron chi connectivity index (χ2n) is 6.58. The summed E-state index contributed by atoms with van der Waals surface area (Å²) in [4.78, 5) is 24.7. The van der Waals surface area contributed by atoms with E-state index in [9.17, 15) is 9.59 Å². The number of carbonyl (C=O) groups excluding carboxylic acids is 2. The van der Waals surface area contributed by atoms with Crippen LogP contribution in [0.1, 0.15) is 27.2 Å². The van der Waals surface area contributed by atoms with Crippen molar-refractivity contribution < 1.29 is 23.5 Å². The van der Waals surface area contributed by atoms with E-state index in [1.807, 2.05) is 12.2 Å². The maximum Gasteiger partial charge on any atom is 0.312 e. The third-order valence-electron chi connectivity index (χ3n) is 5.80. The van der Waals surface area contributed by atoms with Crippen molar-refractivity contribution in [3.63, 3.8) is 0 Å². The van der Waals surface area contributed by atoms with Crippen LogP contribution in [0.5, 0.6) is 0 Å². The molecule has 0 amide bonds. The summed E-state index contributed by atoms with van der Waals surface area (Å²) in [5.41, 5.74) is -0.704. The van der Waals surface area contributed by atoms with Crippen molar-refractivity contribution in [1.29, 1.82) is 0 Å². The van der Waals surface area contributed by atoms with Crippen LogP contribution in [0.15, 0.2) is 12.2 Å². The van der Waals surface area contributed by atoms with Crippen LogP contribution in [0.25, 0.3) is 0 Å². The minimum absolute atomic E-state index is 0.0104. The lowest BCUT2D eigenvalue weighted by Gasteiger charge is -2.41. The number of carbonyl (C=O) groups is 2. The standard InChI is InChI=1S/C17H28O5Si/c1-6-23(7-2,8-3)22-17-10-9-12(11-17)13(15(18)20-4)14(17)16(19)21-5/h9-10,12-14H,6-8,11H2,1-5H3/t12-,13-,14+,17-/m0/s1. The third-order valence-corrected chi connectivity index (χ3v) is 10.5. The molecule has 0 aliphatic heterocycles. The molecule has 0 N–H and O–H groups in total. The van der Waals surface area contributed by atoms with Gasteiger partial charge < -0.3 is 13.9 Å². The maximum atomic E-state index is 12.5. The normalized spacial score (nSPS) is 32.1. The first kappa shape index (κ1) is 18.2. The molecule has 0 heterocycles. The van der Waals surface area contributed by atoms with E-state index in [4.69, 9.17) is 13.9 Å². The van der Waals surface area contributed by atoms with Gasteiger partial charge in [0.25, 0.3) is 0 Å². The molecule has 0 aromatic heterocycles. The van der Waals surface area contributed by atoms with Gasteiger partial charge in [0.15, 0.2) is 8.32 Å². The lowest BCUT2D eigenvalue weighted by atomic mass is 9.81. The van der Waals surface area contributed by atoms with Gasteiger partial charge in [-0.1, -0.05) is 32.9 Å². The van der Waals surface area contributed by atoms with Gasteiger partial charge >= 0.3 is 11.9 Å². The molecule has 2 rings (SSSR count). The Morgan fingerprint density at radius 3 is 2.13 bits per heavy atom. The van der Waals surface area contributed by atoms with Gasteiger partial charge in [-0.25, -0.2) is 0 Å². The van der Waals surface area contributed by atoms with Gasteiger partial charge in [0.05, 0.1) is 25.7 Å². The number of methoxy groups -OCH3 is 2. The van der Waals surface area contributed by atoms with Crippen molar-refractivity contribution in [2.75, 3.05) is 14.2 Å². The molecular weight excluding hydrogens is 312 g/mol. The van der Waals surface area contributed by atoms with E-state index in [0.29, 0.717) is 6.42 Å². The fraction of sp³-hybridized carbons (Fsp3) is 0.765. The van der Waals surface area contributed by atoms with E-state index in [1.54, 1.807) is 0 Å². The smallest absolute Gasteiger partial charge is 0.312 e. The first-order valence-corrected chi connectivity index (χ1v) is 11.0. The van der Waals surface area contributed by atoms with E-state index in [2.05, 4.69) is 20.8 Å². The van der Waals surface area contributed by atoms with Crippen LogP contribution >= 0.6 is 0 Å². The Bertz CT molecular complexity index is 491. The Kier molecular flexibility index (Phi) is 5.36. The molecule has 2 aliphatic carbocycles. The van der Waals surface area contributed by atoms with E-state index in [1.165, 1.54) is 14.2 Å². The minimum Gasteiger partial charge on any atom is -0.469 e. The lowest BCUT2D eigenvalue weighted by Crippen LogP contribution is -2.52. The summed E-state index contributed by atoms with van der Waals surface area (Å²) in [5, 5.41) is 0. The Hall–Kier alpha value is -1.14. The van der Waals surface area contributed by atoms with Crippen molar-refractivity contribution in [2.24, 2.45) is 17.8 Å². The predicted octanol–water partition coefficient (Wildman–Crippen LogP) is 2.92. The van der Waals surface area contributed by atoms with Gasteiger partial charge in [0.1, 0.15) is 5.92 Å². The molecule has 130 valence electrons. The number of allylic oxidation sites excluding steroid dienone is 1. The first-order valence-electron chi connectivity index (χ1n) is 8.47. The van der Waals surface area contributed by atoms with Crippen molar-refractivity contribution >= 4 is 20.3 Å². The molecule has 4 atom stereocenters. The zero-order valence-electron chi connectivity index (χ0n) is 14.8. The lowest BCUT2D eigenvalue weighted by molar-refractivity contribution is -0.162. The molecule has 5 nitrogen and oxygen atoms in total. The van der Waals surface area contributed by atoms with Gasteiger partial charge in [-0.05, 0) is 30.5 Å². The molecular formula is C17H28O5Si. The quantitative estimate of drug-likeness (QED) is 0.405. The van der Waals surface area contributed by atoms with Gasteiger partial charge in [0, 0.05) is 0 Å². The molecule has 1 fully saturated rings. The summed E-state index contributed by atoms with van der Waals surface area (Å²) >= 11 is 0. The zero-order valence-corrected chi connectivity index (χ0v) is 15.8. The maximum absolute atomic E-state index is 12.5. The molecule has 23 heavy (non-hydrogen) atoms. The van der Waals surface area contributed by atoms with E-state index in [-0.39, 0.29) is 17.9 Å². The van der Waals surface area contributed by atoms with Crippen LogP contribution in [0.3, 0.4) is 0 Å². The largest absolute Gasteiger partial charge is 0.469 e. The fourth-order valence-corrected chi connectivity index (χ4v) is 7.27. The van der Waals surface area contributed by atoms with Gasteiger partial charge in [0.2, 0.25) is 0 Å². The summed E-state index contributed by atoms with van der Waals surface area (Å²) in [6, 6.07) is 2.99. The highest BCUT2D eigenvalue weighted by Gasteiger charge is 2.63. The molecule has 0 aromatic rings. The molecule has 0 radical (unpaired) electrons. The summed E-state index contributed by atoms with van der Waals surface area (Å²) in [7, 11) is 0.794. The molecule has 2 aliphatic rings. The number of fused-ring (bicyclic) bond motifs is 2. The van der Waals surface area contributed by atoms with Crippen LogP contribution in [0.4, 0.5) is 0 Å². The van der Waals surface area contributed by atoms with Crippen LogP contribution < -0.4 is 0 Å². The van der Waals surface area contributed by atoms with E-state index < -0.39 is 25.8 Å². The van der Waals surface area contributed by atoms with Gasteiger partial charge in [-0.15, -0.1) is 0 Å². The molecule has 2 bridgehead atoms. The first-order chi connectivity index (χ1) is 10.9. The predicted molar refractivity (Wildman–Crippen MR) is 89.3 cm³/mol. The molecule has 0 saturated heterocycles. The van der Waals surface area contributed by atoms with Crippen LogP contribution in [0.2, 0.25) is 18.1 Å². The number of esters is 2. The van der Waals surface area contributed by atoms with Crippen molar-refractivity contribution in [3.8, 4) is 0 Å².